The van der Waals surface area contributed by atoms with Crippen molar-refractivity contribution < 1.29 is 9.53 Å². The fourth-order valence-electron chi connectivity index (χ4n) is 2.66. The maximum atomic E-state index is 11.1. The van der Waals surface area contributed by atoms with Crippen molar-refractivity contribution in [2.24, 2.45) is 0 Å². The van der Waals surface area contributed by atoms with Crippen LogP contribution in [0.4, 0.5) is 17.3 Å². The normalized spacial score (nSPS) is 14.6. The van der Waals surface area contributed by atoms with Gasteiger partial charge in [-0.15, -0.1) is 0 Å². The van der Waals surface area contributed by atoms with Crippen LogP contribution in [-0.4, -0.2) is 40.8 Å². The number of nitrogens with zero attached hydrogens (tertiary/aromatic N) is 2. The lowest BCUT2D eigenvalue weighted by Crippen LogP contribution is -2.23. The number of aromatic nitrogens is 2. The van der Waals surface area contributed by atoms with E-state index in [1.165, 1.54) is 13.3 Å². The number of nitrogens with two attached hydrogens (primary N) is 1. The van der Waals surface area contributed by atoms with Gasteiger partial charge in [-0.3, -0.25) is 10.2 Å². The highest BCUT2D eigenvalue weighted by Gasteiger charge is 2.21. The Morgan fingerprint density at radius 3 is 2.38 bits per heavy atom. The van der Waals surface area contributed by atoms with Crippen molar-refractivity contribution >= 4 is 28.9 Å². The predicted octanol–water partition coefficient (Wildman–Crippen LogP) is 3.69. The number of carbonyl (C=O) groups excluding carboxylic acids is 1. The Hall–Kier alpha value is -3.00. The molecule has 1 saturated heterocycles. The van der Waals surface area contributed by atoms with Crippen LogP contribution < -0.4 is 16.4 Å². The van der Waals surface area contributed by atoms with Crippen molar-refractivity contribution in [3.05, 3.63) is 41.7 Å². The van der Waals surface area contributed by atoms with E-state index >= 15 is 0 Å². The van der Waals surface area contributed by atoms with Crippen molar-refractivity contribution in [1.82, 2.24) is 9.97 Å². The van der Waals surface area contributed by atoms with Gasteiger partial charge in [0, 0.05) is 24.8 Å². The standard InChI is InChI=1S/C17H20N6O2.2C2H6/c1-10(24)22-12-4-2-11(3-5-12)15(18)14-16(19)20-9-21-17(14)23-13-6-7-25-8-13;2*1-2/h2-5,9,13,18H,6-8H2,1H3,(H,22,24)(H3,19,20,21,23);2*1-2H3. The quantitative estimate of drug-likeness (QED) is 0.567. The summed E-state index contributed by atoms with van der Waals surface area (Å²) in [5, 5.41) is 14.5. The van der Waals surface area contributed by atoms with Gasteiger partial charge < -0.3 is 21.1 Å². The van der Waals surface area contributed by atoms with E-state index in [0.717, 1.165) is 6.42 Å². The zero-order valence-corrected chi connectivity index (χ0v) is 17.9. The molecule has 29 heavy (non-hydrogen) atoms. The molecule has 1 fully saturated rings. The number of hydrogen-bond acceptors (Lipinski definition) is 7. The van der Waals surface area contributed by atoms with Crippen LogP contribution >= 0.6 is 0 Å². The van der Waals surface area contributed by atoms with Crippen LogP contribution in [0, 0.1) is 5.41 Å². The molecule has 1 aromatic heterocycles. The molecule has 0 aliphatic carbocycles. The zero-order chi connectivity index (χ0) is 21.8. The maximum Gasteiger partial charge on any atom is 0.221 e. The van der Waals surface area contributed by atoms with Crippen molar-refractivity contribution in [3.63, 3.8) is 0 Å². The van der Waals surface area contributed by atoms with E-state index in [1.807, 2.05) is 27.7 Å². The molecule has 2 heterocycles. The van der Waals surface area contributed by atoms with Gasteiger partial charge in [0.15, 0.2) is 0 Å². The number of carbonyl (C=O) groups is 1. The number of nitrogen functional groups attached to an aromatic ring is 1. The number of amides is 1. The van der Waals surface area contributed by atoms with E-state index in [0.29, 0.717) is 35.8 Å². The second-order valence-corrected chi connectivity index (χ2v) is 5.82. The van der Waals surface area contributed by atoms with Crippen LogP contribution in [0.3, 0.4) is 0 Å². The van der Waals surface area contributed by atoms with Gasteiger partial charge in [-0.05, 0) is 18.6 Å². The molecule has 2 aromatic rings. The second kappa shape index (κ2) is 12.5. The average Bonchev–Trinajstić information content (AvgIpc) is 3.24. The van der Waals surface area contributed by atoms with Gasteiger partial charge in [-0.25, -0.2) is 9.97 Å². The molecule has 0 bridgehead atoms. The first kappa shape index (κ1) is 24.0. The number of anilines is 3. The van der Waals surface area contributed by atoms with Gasteiger partial charge in [-0.1, -0.05) is 39.8 Å². The van der Waals surface area contributed by atoms with Crippen LogP contribution in [0.5, 0.6) is 0 Å². The molecule has 1 amide bonds. The van der Waals surface area contributed by atoms with Gasteiger partial charge in [0.2, 0.25) is 5.91 Å². The van der Waals surface area contributed by atoms with Crippen molar-refractivity contribution in [1.29, 1.82) is 5.41 Å². The molecule has 158 valence electrons. The molecule has 5 N–H and O–H groups in total. The molecule has 0 saturated carbocycles. The van der Waals surface area contributed by atoms with Crippen molar-refractivity contribution in [3.8, 4) is 0 Å². The van der Waals surface area contributed by atoms with Crippen molar-refractivity contribution in [2.75, 3.05) is 29.6 Å². The monoisotopic (exact) mass is 400 g/mol. The van der Waals surface area contributed by atoms with Crippen LogP contribution in [0.1, 0.15) is 52.2 Å². The number of nitrogens with one attached hydrogen (secondary N) is 3. The Kier molecular flexibility index (Phi) is 10.3. The van der Waals surface area contributed by atoms with Crippen molar-refractivity contribution in [2.45, 2.75) is 47.1 Å². The van der Waals surface area contributed by atoms with E-state index in [1.54, 1.807) is 24.3 Å². The summed E-state index contributed by atoms with van der Waals surface area (Å²) in [5.41, 5.74) is 8.01. The Labute approximate surface area is 172 Å². The molecule has 1 aromatic carbocycles. The molecule has 0 radical (unpaired) electrons. The topological polar surface area (TPSA) is 126 Å². The lowest BCUT2D eigenvalue weighted by molar-refractivity contribution is -0.114. The molecule has 8 heteroatoms. The van der Waals surface area contributed by atoms with Gasteiger partial charge in [0.05, 0.1) is 23.9 Å². The summed E-state index contributed by atoms with van der Waals surface area (Å²) in [4.78, 5) is 19.4. The van der Waals surface area contributed by atoms with E-state index in [-0.39, 0.29) is 23.5 Å². The minimum atomic E-state index is -0.145. The first-order valence-corrected chi connectivity index (χ1v) is 9.96. The summed E-state index contributed by atoms with van der Waals surface area (Å²) >= 11 is 0. The average molecular weight is 401 g/mol. The first-order chi connectivity index (χ1) is 14.0. The van der Waals surface area contributed by atoms with Gasteiger partial charge in [0.25, 0.3) is 0 Å². The molecular formula is C21H32N6O2. The van der Waals surface area contributed by atoms with E-state index in [9.17, 15) is 4.79 Å². The highest BCUT2D eigenvalue weighted by Crippen LogP contribution is 2.24. The zero-order valence-electron chi connectivity index (χ0n) is 17.9. The molecule has 1 aliphatic heterocycles. The third-order valence-electron chi connectivity index (χ3n) is 3.89. The summed E-state index contributed by atoms with van der Waals surface area (Å²) in [7, 11) is 0. The van der Waals surface area contributed by atoms with Crippen LogP contribution in [0.25, 0.3) is 0 Å². The number of rotatable bonds is 5. The van der Waals surface area contributed by atoms with E-state index < -0.39 is 0 Å². The van der Waals surface area contributed by atoms with E-state index in [2.05, 4.69) is 20.6 Å². The Bertz CT molecular complexity index is 786. The summed E-state index contributed by atoms with van der Waals surface area (Å²) in [6.07, 6.45) is 2.26. The Morgan fingerprint density at radius 1 is 1.17 bits per heavy atom. The molecular weight excluding hydrogens is 368 g/mol. The molecule has 1 aliphatic rings. The molecule has 3 rings (SSSR count). The second-order valence-electron chi connectivity index (χ2n) is 5.82. The largest absolute Gasteiger partial charge is 0.383 e. The SMILES string of the molecule is CC.CC.CC(=O)Nc1ccc(C(=N)c2c(N)ncnc2NC2CCOC2)cc1. The predicted molar refractivity (Wildman–Crippen MR) is 119 cm³/mol. The van der Waals surface area contributed by atoms with Gasteiger partial charge in [-0.2, -0.15) is 0 Å². The molecule has 0 spiro atoms. The van der Waals surface area contributed by atoms with Crippen LogP contribution in [-0.2, 0) is 9.53 Å². The maximum absolute atomic E-state index is 11.1. The summed E-state index contributed by atoms with van der Waals surface area (Å²) in [5.74, 6) is 0.625. The lowest BCUT2D eigenvalue weighted by atomic mass is 10.0. The summed E-state index contributed by atoms with van der Waals surface area (Å²) in [6, 6.07) is 7.13. The smallest absolute Gasteiger partial charge is 0.221 e. The number of benzene rings is 1. The third-order valence-corrected chi connectivity index (χ3v) is 3.89. The number of ether oxygens (including phenoxy) is 1. The van der Waals surface area contributed by atoms with E-state index in [4.69, 9.17) is 15.9 Å². The minimum Gasteiger partial charge on any atom is -0.383 e. The lowest BCUT2D eigenvalue weighted by Gasteiger charge is -2.16. The first-order valence-electron chi connectivity index (χ1n) is 9.96. The minimum absolute atomic E-state index is 0.142. The fraction of sp³-hybridized carbons (Fsp3) is 0.429. The van der Waals surface area contributed by atoms with Crippen LogP contribution in [0.15, 0.2) is 30.6 Å². The fourth-order valence-corrected chi connectivity index (χ4v) is 2.66. The molecule has 1 atom stereocenters. The molecule has 1 unspecified atom stereocenters. The molecule has 8 nitrogen and oxygen atoms in total. The van der Waals surface area contributed by atoms with Gasteiger partial charge in [0.1, 0.15) is 18.0 Å². The third kappa shape index (κ3) is 6.83. The Morgan fingerprint density at radius 2 is 1.83 bits per heavy atom. The summed E-state index contributed by atoms with van der Waals surface area (Å²) < 4.78 is 5.36. The number of hydrogen-bond donors (Lipinski definition) is 4. The highest BCUT2D eigenvalue weighted by molar-refractivity contribution is 6.16. The Balaban J connectivity index is 0.000000989. The highest BCUT2D eigenvalue weighted by atomic mass is 16.5. The van der Waals surface area contributed by atoms with Gasteiger partial charge >= 0.3 is 0 Å². The summed E-state index contributed by atoms with van der Waals surface area (Å²) in [6.45, 7) is 10.8. The van der Waals surface area contributed by atoms with Crippen LogP contribution in [0.2, 0.25) is 0 Å².